The lowest BCUT2D eigenvalue weighted by Gasteiger charge is -2.15. The van der Waals surface area contributed by atoms with Gasteiger partial charge in [0.25, 0.3) is 0 Å². The molecule has 0 saturated heterocycles. The third-order valence-corrected chi connectivity index (χ3v) is 4.55. The Morgan fingerprint density at radius 2 is 2.23 bits per heavy atom. The summed E-state index contributed by atoms with van der Waals surface area (Å²) in [5, 5.41) is 14.5. The number of aromatic nitrogens is 4. The summed E-state index contributed by atoms with van der Waals surface area (Å²) >= 11 is 0. The number of hydrogen-bond donors (Lipinski definition) is 1. The van der Waals surface area contributed by atoms with Gasteiger partial charge in [0.05, 0.1) is 12.6 Å². The highest BCUT2D eigenvalue weighted by Gasteiger charge is 2.10. The van der Waals surface area contributed by atoms with Crippen LogP contribution in [0.25, 0.3) is 0 Å². The van der Waals surface area contributed by atoms with E-state index >= 15 is 0 Å². The molecule has 26 heavy (non-hydrogen) atoms. The molecule has 0 spiro atoms. The van der Waals surface area contributed by atoms with E-state index in [-0.39, 0.29) is 0 Å². The van der Waals surface area contributed by atoms with Crippen molar-refractivity contribution in [2.75, 3.05) is 18.5 Å². The van der Waals surface area contributed by atoms with Gasteiger partial charge in [0.2, 0.25) is 5.95 Å². The Kier molecular flexibility index (Phi) is 6.98. The first kappa shape index (κ1) is 18.4. The summed E-state index contributed by atoms with van der Waals surface area (Å²) in [6.07, 6.45) is 10.2. The van der Waals surface area contributed by atoms with Gasteiger partial charge < -0.3 is 10.1 Å². The highest BCUT2D eigenvalue weighted by atomic mass is 16.5. The molecular weight excluding hydrogens is 328 g/mol. The van der Waals surface area contributed by atoms with Gasteiger partial charge in [0, 0.05) is 13.6 Å². The summed E-state index contributed by atoms with van der Waals surface area (Å²) in [4.78, 5) is 4.73. The summed E-state index contributed by atoms with van der Waals surface area (Å²) in [6.45, 7) is 1.42. The van der Waals surface area contributed by atoms with Gasteiger partial charge in [-0.2, -0.15) is 0 Å². The molecule has 1 atom stereocenters. The van der Waals surface area contributed by atoms with Crippen LogP contribution >= 0.6 is 0 Å². The lowest BCUT2D eigenvalue weighted by Crippen LogP contribution is -2.11. The molecule has 1 unspecified atom stereocenters. The van der Waals surface area contributed by atoms with Gasteiger partial charge in [0.1, 0.15) is 5.75 Å². The summed E-state index contributed by atoms with van der Waals surface area (Å²) in [7, 11) is 1.81. The van der Waals surface area contributed by atoms with Crippen LogP contribution in [0.5, 0.6) is 5.75 Å². The van der Waals surface area contributed by atoms with E-state index in [1.165, 1.54) is 31.2 Å². The van der Waals surface area contributed by atoms with E-state index in [4.69, 9.17) is 9.73 Å². The molecule has 0 bridgehead atoms. The monoisotopic (exact) mass is 356 g/mol. The van der Waals surface area contributed by atoms with Crippen LogP contribution in [0, 0.1) is 0 Å². The van der Waals surface area contributed by atoms with E-state index in [9.17, 15) is 0 Å². The van der Waals surface area contributed by atoms with Crippen LogP contribution in [-0.2, 0) is 13.5 Å². The van der Waals surface area contributed by atoms with Crippen molar-refractivity contribution in [3.63, 3.8) is 0 Å². The fraction of sp³-hybridized carbons (Fsp3) is 0.579. The first-order valence-corrected chi connectivity index (χ1v) is 9.51. The zero-order valence-electron chi connectivity index (χ0n) is 15.5. The van der Waals surface area contributed by atoms with Crippen LogP contribution in [0.3, 0.4) is 0 Å². The normalized spacial score (nSPS) is 18.7. The molecule has 1 aliphatic rings. The molecule has 1 aromatic heterocycles. The van der Waals surface area contributed by atoms with E-state index in [0.29, 0.717) is 18.6 Å². The summed E-state index contributed by atoms with van der Waals surface area (Å²) < 4.78 is 7.51. The number of rotatable bonds is 8. The predicted octanol–water partition coefficient (Wildman–Crippen LogP) is 3.04. The maximum absolute atomic E-state index is 5.89. The third-order valence-electron chi connectivity index (χ3n) is 4.55. The fourth-order valence-corrected chi connectivity index (χ4v) is 3.12. The lowest BCUT2D eigenvalue weighted by atomic mass is 9.99. The topological polar surface area (TPSA) is 77.2 Å². The van der Waals surface area contributed by atoms with Crippen LogP contribution in [-0.4, -0.2) is 45.6 Å². The molecule has 7 heteroatoms. The molecule has 3 rings (SSSR count). The number of nitrogens with one attached hydrogen (secondary N) is 1. The van der Waals surface area contributed by atoms with Crippen molar-refractivity contribution >= 4 is 12.2 Å². The highest BCUT2D eigenvalue weighted by molar-refractivity contribution is 5.57. The number of nitrogens with zero attached hydrogens (tertiary/aromatic N) is 5. The Hall–Kier alpha value is -2.44. The van der Waals surface area contributed by atoms with Gasteiger partial charge in [-0.25, -0.2) is 4.68 Å². The van der Waals surface area contributed by atoms with Gasteiger partial charge in [-0.1, -0.05) is 30.1 Å². The quantitative estimate of drug-likeness (QED) is 0.736. The number of ether oxygens (including phenoxy) is 1. The van der Waals surface area contributed by atoms with Crippen LogP contribution in [0.1, 0.15) is 44.1 Å². The second kappa shape index (κ2) is 9.89. The number of hydrogen-bond acceptors (Lipinski definition) is 6. The average Bonchev–Trinajstić information content (AvgIpc) is 3.02. The Morgan fingerprint density at radius 1 is 1.27 bits per heavy atom. The summed E-state index contributed by atoms with van der Waals surface area (Å²) in [5.74, 6) is 1.60. The third kappa shape index (κ3) is 5.82. The smallest absolute Gasteiger partial charge is 0.242 e. The minimum Gasteiger partial charge on any atom is -0.494 e. The molecule has 7 nitrogen and oxygen atoms in total. The molecule has 2 heterocycles. The van der Waals surface area contributed by atoms with Crippen molar-refractivity contribution in [1.82, 2.24) is 20.2 Å². The standard InChI is InChI=1S/C19H28N6O/c1-25-19(22-23-24-25)21-12-7-13-26-18-10-6-8-16(15-18)14-17-9-4-2-3-5-11-20-17/h6,8,10-11,15,17H,2-5,7,9,12-14H2,1H3,(H,21,22,24)/b20-11-. The van der Waals surface area contributed by atoms with Gasteiger partial charge in [-0.05, 0) is 66.4 Å². The Morgan fingerprint density at radius 3 is 3.12 bits per heavy atom. The van der Waals surface area contributed by atoms with E-state index in [1.807, 2.05) is 13.1 Å². The van der Waals surface area contributed by atoms with Crippen molar-refractivity contribution in [3.8, 4) is 5.75 Å². The maximum Gasteiger partial charge on any atom is 0.242 e. The first-order valence-electron chi connectivity index (χ1n) is 9.51. The molecule has 1 aliphatic heterocycles. The zero-order valence-corrected chi connectivity index (χ0v) is 15.5. The molecule has 0 fully saturated rings. The second-order valence-corrected chi connectivity index (χ2v) is 6.73. The van der Waals surface area contributed by atoms with Crippen LogP contribution in [0.15, 0.2) is 29.3 Å². The Bertz CT molecular complexity index is 699. The largest absolute Gasteiger partial charge is 0.494 e. The van der Waals surface area contributed by atoms with Crippen molar-refractivity contribution in [2.24, 2.45) is 12.0 Å². The Labute approximate surface area is 154 Å². The summed E-state index contributed by atoms with van der Waals surface area (Å²) in [6, 6.07) is 8.82. The van der Waals surface area contributed by atoms with Crippen molar-refractivity contribution in [1.29, 1.82) is 0 Å². The van der Waals surface area contributed by atoms with Crippen molar-refractivity contribution in [2.45, 2.75) is 51.0 Å². The highest BCUT2D eigenvalue weighted by Crippen LogP contribution is 2.19. The number of aliphatic imine (C=N–C) groups is 1. The van der Waals surface area contributed by atoms with E-state index < -0.39 is 0 Å². The molecule has 0 amide bonds. The van der Waals surface area contributed by atoms with Crippen LogP contribution < -0.4 is 10.1 Å². The minimum atomic E-state index is 0.412. The van der Waals surface area contributed by atoms with E-state index in [0.717, 1.165) is 31.6 Å². The van der Waals surface area contributed by atoms with Crippen molar-refractivity contribution in [3.05, 3.63) is 29.8 Å². The van der Waals surface area contributed by atoms with Crippen LogP contribution in [0.4, 0.5) is 5.95 Å². The van der Waals surface area contributed by atoms with Gasteiger partial charge >= 0.3 is 0 Å². The molecule has 2 aromatic rings. The predicted molar refractivity (Wildman–Crippen MR) is 103 cm³/mol. The van der Waals surface area contributed by atoms with Crippen molar-refractivity contribution < 1.29 is 4.74 Å². The fourth-order valence-electron chi connectivity index (χ4n) is 3.12. The molecule has 1 aromatic carbocycles. The Balaban J connectivity index is 1.42. The maximum atomic E-state index is 5.89. The minimum absolute atomic E-state index is 0.412. The number of benzene rings is 1. The van der Waals surface area contributed by atoms with Gasteiger partial charge in [-0.3, -0.25) is 4.99 Å². The van der Waals surface area contributed by atoms with Gasteiger partial charge in [0.15, 0.2) is 0 Å². The number of anilines is 1. The van der Waals surface area contributed by atoms with Crippen LogP contribution in [0.2, 0.25) is 0 Å². The average molecular weight is 356 g/mol. The van der Waals surface area contributed by atoms with Gasteiger partial charge in [-0.15, -0.1) is 0 Å². The SMILES string of the molecule is Cn1nnnc1NCCCOc1cccc(CC2CCCCC/C=N\2)c1. The first-order chi connectivity index (χ1) is 12.8. The molecule has 0 radical (unpaired) electrons. The van der Waals surface area contributed by atoms with E-state index in [1.54, 1.807) is 4.68 Å². The van der Waals surface area contributed by atoms with E-state index in [2.05, 4.69) is 45.3 Å². The second-order valence-electron chi connectivity index (χ2n) is 6.73. The molecule has 0 aliphatic carbocycles. The lowest BCUT2D eigenvalue weighted by molar-refractivity contribution is 0.314. The molecule has 140 valence electrons. The molecule has 0 saturated carbocycles. The number of tetrazole rings is 1. The zero-order chi connectivity index (χ0) is 18.0. The number of aryl methyl sites for hydroxylation is 1. The summed E-state index contributed by atoms with van der Waals surface area (Å²) in [5.41, 5.74) is 1.30. The molecule has 1 N–H and O–H groups in total. The molecular formula is C19H28N6O.